The number of fused-ring (bicyclic) bond motifs is 1. The molecule has 0 aliphatic carbocycles. The van der Waals surface area contributed by atoms with E-state index in [1.807, 2.05) is 19.1 Å². The lowest BCUT2D eigenvalue weighted by Gasteiger charge is -2.34. The monoisotopic (exact) mass is 398 g/mol. The Kier molecular flexibility index (Phi) is 6.28. The van der Waals surface area contributed by atoms with Gasteiger partial charge in [-0.3, -0.25) is 4.90 Å². The normalized spacial score (nSPS) is 19.7. The molecule has 3 heterocycles. The second-order valence-electron chi connectivity index (χ2n) is 7.95. The minimum atomic E-state index is 0.245. The number of methoxy groups -OCH3 is 1. The molecule has 0 radical (unpaired) electrons. The first-order valence-electron chi connectivity index (χ1n) is 10.4. The molecule has 2 aliphatic rings. The van der Waals surface area contributed by atoms with Crippen LogP contribution in [0.4, 0.5) is 5.82 Å². The predicted octanol–water partition coefficient (Wildman–Crippen LogP) is 2.75. The Bertz CT molecular complexity index is 858. The highest BCUT2D eigenvalue weighted by molar-refractivity contribution is 5.72. The molecule has 29 heavy (non-hydrogen) atoms. The quantitative estimate of drug-likeness (QED) is 0.774. The number of likely N-dealkylation sites (tertiary alicyclic amines) is 1. The summed E-state index contributed by atoms with van der Waals surface area (Å²) in [6, 6.07) is 6.02. The van der Waals surface area contributed by atoms with Crippen molar-refractivity contribution in [2.75, 3.05) is 45.3 Å². The maximum atomic E-state index is 10.4. The molecule has 156 valence electrons. The van der Waals surface area contributed by atoms with Crippen LogP contribution in [0.3, 0.4) is 0 Å². The number of phenols is 1. The Morgan fingerprint density at radius 2 is 2.21 bits per heavy atom. The minimum Gasteiger partial charge on any atom is -0.507 e. The number of ether oxygens (including phenoxy) is 2. The highest BCUT2D eigenvalue weighted by Crippen LogP contribution is 2.35. The maximum absolute atomic E-state index is 10.4. The van der Waals surface area contributed by atoms with Crippen molar-refractivity contribution in [3.05, 3.63) is 34.9 Å². The van der Waals surface area contributed by atoms with E-state index in [-0.39, 0.29) is 5.75 Å². The van der Waals surface area contributed by atoms with Gasteiger partial charge in [0, 0.05) is 37.4 Å². The van der Waals surface area contributed by atoms with Crippen LogP contribution < -0.4 is 5.32 Å². The van der Waals surface area contributed by atoms with Gasteiger partial charge in [0.2, 0.25) is 0 Å². The van der Waals surface area contributed by atoms with Crippen molar-refractivity contribution in [1.29, 1.82) is 0 Å². The number of phenolic OH excluding ortho intramolecular Hbond substituents is 1. The molecule has 1 atom stereocenters. The summed E-state index contributed by atoms with van der Waals surface area (Å²) in [5.74, 6) is 1.06. The van der Waals surface area contributed by atoms with Crippen LogP contribution in [0.25, 0.3) is 11.3 Å². The summed E-state index contributed by atoms with van der Waals surface area (Å²) in [6.45, 7) is 6.93. The lowest BCUT2D eigenvalue weighted by Crippen LogP contribution is -2.43. The fourth-order valence-corrected chi connectivity index (χ4v) is 4.24. The lowest BCUT2D eigenvalue weighted by molar-refractivity contribution is 0.110. The van der Waals surface area contributed by atoms with Crippen molar-refractivity contribution >= 4 is 5.82 Å². The van der Waals surface area contributed by atoms with Crippen molar-refractivity contribution < 1.29 is 14.6 Å². The van der Waals surface area contributed by atoms with Gasteiger partial charge >= 0.3 is 0 Å². The number of hydrogen-bond donors (Lipinski definition) is 2. The van der Waals surface area contributed by atoms with Gasteiger partial charge in [0.25, 0.3) is 0 Å². The van der Waals surface area contributed by atoms with E-state index < -0.39 is 0 Å². The van der Waals surface area contributed by atoms with Crippen molar-refractivity contribution in [3.8, 4) is 17.0 Å². The third kappa shape index (κ3) is 4.52. The fourth-order valence-electron chi connectivity index (χ4n) is 4.24. The van der Waals surface area contributed by atoms with Crippen LogP contribution in [0.5, 0.6) is 5.75 Å². The van der Waals surface area contributed by atoms with E-state index in [2.05, 4.69) is 20.4 Å². The van der Waals surface area contributed by atoms with Crippen molar-refractivity contribution in [2.24, 2.45) is 0 Å². The third-order valence-corrected chi connectivity index (χ3v) is 5.80. The zero-order valence-electron chi connectivity index (χ0n) is 17.3. The molecule has 0 spiro atoms. The van der Waals surface area contributed by atoms with Crippen molar-refractivity contribution in [3.63, 3.8) is 0 Å². The fraction of sp³-hybridized carbons (Fsp3) is 0.545. The van der Waals surface area contributed by atoms with E-state index >= 15 is 0 Å². The Morgan fingerprint density at radius 1 is 1.31 bits per heavy atom. The molecule has 1 aromatic carbocycles. The van der Waals surface area contributed by atoms with Crippen LogP contribution in [0, 0.1) is 6.92 Å². The molecule has 1 saturated heterocycles. The SMILES string of the molecule is COCCN1CCC[C@@H](Nc2nnc(-c3ccc(C)cc3O)c3c2COCC3)C1. The topological polar surface area (TPSA) is 79.7 Å². The van der Waals surface area contributed by atoms with Crippen LogP contribution in [0.2, 0.25) is 0 Å². The van der Waals surface area contributed by atoms with Crippen LogP contribution in [-0.4, -0.2) is 66.2 Å². The Balaban J connectivity index is 1.59. The van der Waals surface area contributed by atoms with Crippen LogP contribution in [0.15, 0.2) is 18.2 Å². The van der Waals surface area contributed by atoms with Gasteiger partial charge in [-0.1, -0.05) is 6.07 Å². The first kappa shape index (κ1) is 20.1. The average Bonchev–Trinajstić information content (AvgIpc) is 2.73. The second-order valence-corrected chi connectivity index (χ2v) is 7.95. The van der Waals surface area contributed by atoms with Gasteiger partial charge in [-0.15, -0.1) is 10.2 Å². The number of aryl methyl sites for hydroxylation is 1. The first-order valence-corrected chi connectivity index (χ1v) is 10.4. The van der Waals surface area contributed by atoms with Crippen LogP contribution in [0.1, 0.15) is 29.5 Å². The highest BCUT2D eigenvalue weighted by atomic mass is 16.5. The summed E-state index contributed by atoms with van der Waals surface area (Å²) >= 11 is 0. The molecule has 2 aromatic rings. The van der Waals surface area contributed by atoms with Gasteiger partial charge in [0.05, 0.1) is 19.8 Å². The summed E-state index contributed by atoms with van der Waals surface area (Å²) in [7, 11) is 1.74. The molecular formula is C22H30N4O3. The van der Waals surface area contributed by atoms with E-state index in [0.717, 1.165) is 79.3 Å². The predicted molar refractivity (Wildman–Crippen MR) is 112 cm³/mol. The van der Waals surface area contributed by atoms with Gasteiger partial charge in [-0.25, -0.2) is 0 Å². The van der Waals surface area contributed by atoms with E-state index in [1.54, 1.807) is 13.2 Å². The van der Waals surface area contributed by atoms with Crippen LogP contribution >= 0.6 is 0 Å². The van der Waals surface area contributed by atoms with E-state index in [9.17, 15) is 5.11 Å². The van der Waals surface area contributed by atoms with E-state index in [4.69, 9.17) is 9.47 Å². The minimum absolute atomic E-state index is 0.245. The molecule has 0 unspecified atom stereocenters. The number of nitrogens with zero attached hydrogens (tertiary/aromatic N) is 3. The van der Waals surface area contributed by atoms with E-state index in [0.29, 0.717) is 19.3 Å². The average molecular weight is 399 g/mol. The Hall–Kier alpha value is -2.22. The number of aromatic nitrogens is 2. The summed E-state index contributed by atoms with van der Waals surface area (Å²) in [4.78, 5) is 2.43. The van der Waals surface area contributed by atoms with Gasteiger partial charge in [0.15, 0.2) is 5.82 Å². The van der Waals surface area contributed by atoms with E-state index in [1.165, 1.54) is 0 Å². The molecule has 7 heteroatoms. The van der Waals surface area contributed by atoms with Gasteiger partial charge in [-0.2, -0.15) is 0 Å². The summed E-state index contributed by atoms with van der Waals surface area (Å²) < 4.78 is 11.0. The third-order valence-electron chi connectivity index (χ3n) is 5.80. The molecule has 4 rings (SSSR count). The number of benzene rings is 1. The molecule has 0 amide bonds. The molecule has 2 N–H and O–H groups in total. The molecule has 7 nitrogen and oxygen atoms in total. The highest BCUT2D eigenvalue weighted by Gasteiger charge is 2.25. The second kappa shape index (κ2) is 9.07. The van der Waals surface area contributed by atoms with Gasteiger partial charge in [-0.05, 0) is 56.0 Å². The van der Waals surface area contributed by atoms with Crippen molar-refractivity contribution in [1.82, 2.24) is 15.1 Å². The standard InChI is InChI=1S/C22H30N4O3/c1-15-5-6-18(20(27)12-15)21-17-7-10-29-14-19(17)22(25-24-21)23-16-4-3-8-26(13-16)9-11-28-2/h5-6,12,16,27H,3-4,7-11,13-14H2,1-2H3,(H,23,25)/t16-/m1/s1. The van der Waals surface area contributed by atoms with Gasteiger partial charge < -0.3 is 19.9 Å². The Morgan fingerprint density at radius 3 is 3.03 bits per heavy atom. The first-order chi connectivity index (χ1) is 14.2. The largest absolute Gasteiger partial charge is 0.507 e. The van der Waals surface area contributed by atoms with Crippen LogP contribution in [-0.2, 0) is 22.5 Å². The number of rotatable bonds is 6. The molecule has 0 bridgehead atoms. The number of nitrogens with one attached hydrogen (secondary N) is 1. The Labute approximate surface area is 172 Å². The smallest absolute Gasteiger partial charge is 0.154 e. The molecule has 1 aromatic heterocycles. The molecule has 0 saturated carbocycles. The zero-order chi connectivity index (χ0) is 20.2. The summed E-state index contributed by atoms with van der Waals surface area (Å²) in [5.41, 5.74) is 4.70. The number of piperidine rings is 1. The van der Waals surface area contributed by atoms with Crippen molar-refractivity contribution in [2.45, 2.75) is 38.8 Å². The summed E-state index contributed by atoms with van der Waals surface area (Å²) in [6.07, 6.45) is 3.04. The lowest BCUT2D eigenvalue weighted by atomic mass is 9.96. The molecular weight excluding hydrogens is 368 g/mol. The molecule has 2 aliphatic heterocycles. The zero-order valence-corrected chi connectivity index (χ0v) is 17.3. The number of hydrogen-bond acceptors (Lipinski definition) is 7. The van der Waals surface area contributed by atoms with Gasteiger partial charge in [0.1, 0.15) is 11.4 Å². The number of aromatic hydroxyl groups is 1. The number of anilines is 1. The maximum Gasteiger partial charge on any atom is 0.154 e. The summed E-state index contributed by atoms with van der Waals surface area (Å²) in [5, 5.41) is 23.1. The molecule has 1 fully saturated rings.